The van der Waals surface area contributed by atoms with Gasteiger partial charge in [0.15, 0.2) is 0 Å². The third-order valence-electron chi connectivity index (χ3n) is 5.30. The minimum atomic E-state index is 0.272. The summed E-state index contributed by atoms with van der Waals surface area (Å²) in [5, 5.41) is 4.44. The summed E-state index contributed by atoms with van der Waals surface area (Å²) in [6.07, 6.45) is 6.30. The van der Waals surface area contributed by atoms with Crippen molar-refractivity contribution in [2.24, 2.45) is 7.05 Å². The normalized spacial score (nSPS) is 25.1. The number of carbonyl (C=O) groups is 1. The van der Waals surface area contributed by atoms with E-state index in [-0.39, 0.29) is 12.0 Å². The average molecular weight is 305 g/mol. The predicted molar refractivity (Wildman–Crippen MR) is 84.7 cm³/mol. The highest BCUT2D eigenvalue weighted by Gasteiger charge is 2.36. The van der Waals surface area contributed by atoms with Crippen LogP contribution in [0.1, 0.15) is 49.1 Å². The molecule has 0 spiro atoms. The van der Waals surface area contributed by atoms with Gasteiger partial charge in [-0.1, -0.05) is 12.8 Å². The first kappa shape index (κ1) is 15.5. The standard InChI is InChI=1S/C17H27N3O2/c1-12-14(13(2)19(3)18-12)8-9-17(21)20-10-11-22-16-7-5-4-6-15(16)20/h15-16H,4-11H2,1-3H3/t15-,16+/m1/s1. The van der Waals surface area contributed by atoms with Gasteiger partial charge in [-0.25, -0.2) is 0 Å². The summed E-state index contributed by atoms with van der Waals surface area (Å²) < 4.78 is 7.76. The molecule has 1 aromatic rings. The monoisotopic (exact) mass is 305 g/mol. The number of hydrogen-bond donors (Lipinski definition) is 0. The maximum absolute atomic E-state index is 12.7. The van der Waals surface area contributed by atoms with Crippen molar-refractivity contribution in [2.45, 2.75) is 64.5 Å². The molecule has 0 radical (unpaired) electrons. The number of nitrogens with zero attached hydrogens (tertiary/aromatic N) is 3. The van der Waals surface area contributed by atoms with Gasteiger partial charge in [0, 0.05) is 25.7 Å². The van der Waals surface area contributed by atoms with E-state index in [1.54, 1.807) is 0 Å². The molecule has 2 atom stereocenters. The highest BCUT2D eigenvalue weighted by Crippen LogP contribution is 2.29. The van der Waals surface area contributed by atoms with Gasteiger partial charge in [-0.05, 0) is 38.7 Å². The van der Waals surface area contributed by atoms with Gasteiger partial charge in [0.1, 0.15) is 0 Å². The molecule has 122 valence electrons. The van der Waals surface area contributed by atoms with Crippen LogP contribution < -0.4 is 0 Å². The molecule has 1 saturated carbocycles. The molecule has 0 aromatic carbocycles. The third kappa shape index (κ3) is 2.91. The van der Waals surface area contributed by atoms with Crippen LogP contribution in [0.25, 0.3) is 0 Å². The molecule has 1 aromatic heterocycles. The molecular formula is C17H27N3O2. The van der Waals surface area contributed by atoms with Gasteiger partial charge >= 0.3 is 0 Å². The van der Waals surface area contributed by atoms with Gasteiger partial charge in [-0.15, -0.1) is 0 Å². The van der Waals surface area contributed by atoms with Crippen LogP contribution in [0.4, 0.5) is 0 Å². The van der Waals surface area contributed by atoms with Crippen molar-refractivity contribution in [3.63, 3.8) is 0 Å². The van der Waals surface area contributed by atoms with Gasteiger partial charge in [0.25, 0.3) is 0 Å². The Morgan fingerprint density at radius 2 is 2.09 bits per heavy atom. The van der Waals surface area contributed by atoms with Gasteiger partial charge in [0.05, 0.1) is 24.4 Å². The number of amides is 1. The Kier molecular flexibility index (Phi) is 4.52. The molecule has 0 bridgehead atoms. The van der Waals surface area contributed by atoms with E-state index in [0.29, 0.717) is 19.1 Å². The Morgan fingerprint density at radius 1 is 1.32 bits per heavy atom. The fourth-order valence-electron chi connectivity index (χ4n) is 3.96. The van der Waals surface area contributed by atoms with E-state index < -0.39 is 0 Å². The largest absolute Gasteiger partial charge is 0.374 e. The lowest BCUT2D eigenvalue weighted by Gasteiger charge is -2.43. The molecule has 1 saturated heterocycles. The Balaban J connectivity index is 1.63. The van der Waals surface area contributed by atoms with Crippen molar-refractivity contribution in [1.29, 1.82) is 0 Å². The van der Waals surface area contributed by atoms with Crippen LogP contribution in [-0.2, 0) is 23.0 Å². The summed E-state index contributed by atoms with van der Waals surface area (Å²) in [6, 6.07) is 0.311. The van der Waals surface area contributed by atoms with Gasteiger partial charge in [0.2, 0.25) is 5.91 Å². The molecule has 3 rings (SSSR count). The van der Waals surface area contributed by atoms with E-state index >= 15 is 0 Å². The first-order valence-electron chi connectivity index (χ1n) is 8.48. The molecule has 0 N–H and O–H groups in total. The smallest absolute Gasteiger partial charge is 0.223 e. The number of aromatic nitrogens is 2. The predicted octanol–water partition coefficient (Wildman–Crippen LogP) is 2.14. The highest BCUT2D eigenvalue weighted by molar-refractivity contribution is 5.77. The highest BCUT2D eigenvalue weighted by atomic mass is 16.5. The number of ether oxygens (including phenoxy) is 1. The number of carbonyl (C=O) groups excluding carboxylic acids is 1. The average Bonchev–Trinajstić information content (AvgIpc) is 2.77. The number of fused-ring (bicyclic) bond motifs is 1. The lowest BCUT2D eigenvalue weighted by Crippen LogP contribution is -2.54. The zero-order valence-electron chi connectivity index (χ0n) is 14.0. The Hall–Kier alpha value is -1.36. The first-order valence-corrected chi connectivity index (χ1v) is 8.48. The van der Waals surface area contributed by atoms with Crippen molar-refractivity contribution >= 4 is 5.91 Å². The fourth-order valence-corrected chi connectivity index (χ4v) is 3.96. The Labute approximate surface area is 132 Å². The van der Waals surface area contributed by atoms with E-state index in [2.05, 4.69) is 16.9 Å². The molecule has 1 aliphatic carbocycles. The molecule has 2 heterocycles. The van der Waals surface area contributed by atoms with E-state index in [9.17, 15) is 4.79 Å². The first-order chi connectivity index (χ1) is 10.6. The number of hydrogen-bond acceptors (Lipinski definition) is 3. The molecular weight excluding hydrogens is 278 g/mol. The lowest BCUT2D eigenvalue weighted by molar-refractivity contribution is -0.149. The maximum atomic E-state index is 12.7. The fraction of sp³-hybridized carbons (Fsp3) is 0.765. The molecule has 0 unspecified atom stereocenters. The molecule has 1 amide bonds. The van der Waals surface area contributed by atoms with Crippen LogP contribution in [0.2, 0.25) is 0 Å². The van der Waals surface area contributed by atoms with Crippen molar-refractivity contribution in [3.8, 4) is 0 Å². The van der Waals surface area contributed by atoms with Crippen LogP contribution in [0.15, 0.2) is 0 Å². The Morgan fingerprint density at radius 3 is 2.82 bits per heavy atom. The van der Waals surface area contributed by atoms with E-state index in [0.717, 1.165) is 31.5 Å². The topological polar surface area (TPSA) is 47.4 Å². The van der Waals surface area contributed by atoms with Crippen molar-refractivity contribution in [2.75, 3.05) is 13.2 Å². The van der Waals surface area contributed by atoms with Crippen LogP contribution in [-0.4, -0.2) is 45.9 Å². The molecule has 22 heavy (non-hydrogen) atoms. The Bertz CT molecular complexity index is 550. The van der Waals surface area contributed by atoms with Crippen LogP contribution >= 0.6 is 0 Å². The second-order valence-electron chi connectivity index (χ2n) is 6.62. The van der Waals surface area contributed by atoms with Crippen molar-refractivity contribution in [1.82, 2.24) is 14.7 Å². The number of morpholine rings is 1. The van der Waals surface area contributed by atoms with E-state index in [1.165, 1.54) is 24.1 Å². The minimum absolute atomic E-state index is 0.272. The van der Waals surface area contributed by atoms with Crippen LogP contribution in [0, 0.1) is 13.8 Å². The molecule has 2 aliphatic rings. The van der Waals surface area contributed by atoms with Gasteiger partial charge in [-0.2, -0.15) is 5.10 Å². The molecule has 5 heteroatoms. The van der Waals surface area contributed by atoms with Crippen LogP contribution in [0.5, 0.6) is 0 Å². The van der Waals surface area contributed by atoms with E-state index in [4.69, 9.17) is 4.74 Å². The summed E-state index contributed by atoms with van der Waals surface area (Å²) in [7, 11) is 1.96. The molecule has 1 aliphatic heterocycles. The van der Waals surface area contributed by atoms with Crippen molar-refractivity contribution < 1.29 is 9.53 Å². The zero-order chi connectivity index (χ0) is 15.7. The second-order valence-corrected chi connectivity index (χ2v) is 6.62. The summed E-state index contributed by atoms with van der Waals surface area (Å²) in [4.78, 5) is 14.8. The SMILES string of the molecule is Cc1nn(C)c(C)c1CCC(=O)N1CCO[C@H]2CCCC[C@H]21. The number of aryl methyl sites for hydroxylation is 2. The summed E-state index contributed by atoms with van der Waals surface area (Å²) >= 11 is 0. The second kappa shape index (κ2) is 6.41. The molecule has 5 nitrogen and oxygen atoms in total. The minimum Gasteiger partial charge on any atom is -0.374 e. The summed E-state index contributed by atoms with van der Waals surface area (Å²) in [5.41, 5.74) is 3.44. The van der Waals surface area contributed by atoms with Gasteiger partial charge in [-0.3, -0.25) is 9.48 Å². The quantitative estimate of drug-likeness (QED) is 0.859. The van der Waals surface area contributed by atoms with Crippen molar-refractivity contribution in [3.05, 3.63) is 17.0 Å². The van der Waals surface area contributed by atoms with Gasteiger partial charge < -0.3 is 9.64 Å². The third-order valence-corrected chi connectivity index (χ3v) is 5.30. The summed E-state index contributed by atoms with van der Waals surface area (Å²) in [5.74, 6) is 0.280. The lowest BCUT2D eigenvalue weighted by atomic mass is 9.90. The van der Waals surface area contributed by atoms with Crippen LogP contribution in [0.3, 0.4) is 0 Å². The maximum Gasteiger partial charge on any atom is 0.223 e. The van der Waals surface area contributed by atoms with E-state index in [1.807, 2.05) is 18.7 Å². The zero-order valence-corrected chi connectivity index (χ0v) is 14.0. The summed E-state index contributed by atoms with van der Waals surface area (Å²) in [6.45, 7) is 5.55. The number of rotatable bonds is 3. The molecule has 2 fully saturated rings.